The van der Waals surface area contributed by atoms with Gasteiger partial charge >= 0.3 is 0 Å². The van der Waals surface area contributed by atoms with Crippen LogP contribution in [0.3, 0.4) is 0 Å². The molecule has 4 heteroatoms. The lowest BCUT2D eigenvalue weighted by atomic mass is 9.94. The fourth-order valence-corrected chi connectivity index (χ4v) is 3.35. The number of fused-ring (bicyclic) bond motifs is 1. The highest BCUT2D eigenvalue weighted by Gasteiger charge is 2.20. The van der Waals surface area contributed by atoms with E-state index in [2.05, 4.69) is 28.7 Å². The van der Waals surface area contributed by atoms with Crippen LogP contribution >= 0.6 is 11.3 Å². The van der Waals surface area contributed by atoms with Crippen LogP contribution in [0.4, 0.5) is 0 Å². The van der Waals surface area contributed by atoms with Crippen molar-refractivity contribution in [3.8, 4) is 0 Å². The van der Waals surface area contributed by atoms with Gasteiger partial charge in [0.15, 0.2) is 0 Å². The van der Waals surface area contributed by atoms with Gasteiger partial charge in [-0.1, -0.05) is 0 Å². The van der Waals surface area contributed by atoms with Crippen LogP contribution in [0.25, 0.3) is 0 Å². The highest BCUT2D eigenvalue weighted by atomic mass is 32.1. The minimum atomic E-state index is 0.234. The molecule has 0 saturated carbocycles. The van der Waals surface area contributed by atoms with E-state index in [1.807, 2.05) is 6.20 Å². The standard InChI is InChI=1S/C13H17N3S/c1-9-7-15-13(17-9)8-16-6-5-10-11(14)3-2-4-12(10)16/h5-7,11H,2-4,8,14H2,1H3. The second-order valence-corrected chi connectivity index (χ2v) is 6.03. The van der Waals surface area contributed by atoms with Gasteiger partial charge in [0.25, 0.3) is 0 Å². The molecule has 3 rings (SSSR count). The Morgan fingerprint density at radius 3 is 3.24 bits per heavy atom. The highest BCUT2D eigenvalue weighted by Crippen LogP contribution is 2.29. The van der Waals surface area contributed by atoms with Gasteiger partial charge in [0.1, 0.15) is 5.01 Å². The molecule has 2 heterocycles. The fourth-order valence-electron chi connectivity index (χ4n) is 2.56. The van der Waals surface area contributed by atoms with Crippen molar-refractivity contribution in [1.29, 1.82) is 0 Å². The Labute approximate surface area is 105 Å². The van der Waals surface area contributed by atoms with E-state index in [1.165, 1.54) is 27.6 Å². The van der Waals surface area contributed by atoms with Crippen molar-refractivity contribution in [3.63, 3.8) is 0 Å². The lowest BCUT2D eigenvalue weighted by molar-refractivity contribution is 0.547. The molecule has 0 fully saturated rings. The highest BCUT2D eigenvalue weighted by molar-refractivity contribution is 7.11. The maximum absolute atomic E-state index is 6.13. The van der Waals surface area contributed by atoms with E-state index in [4.69, 9.17) is 5.73 Å². The predicted molar refractivity (Wildman–Crippen MR) is 70.3 cm³/mol. The molecule has 0 aromatic carbocycles. The first kappa shape index (κ1) is 11.0. The molecule has 2 N–H and O–H groups in total. The molecule has 1 aliphatic rings. The van der Waals surface area contributed by atoms with Crippen molar-refractivity contribution in [2.24, 2.45) is 5.73 Å². The molecule has 17 heavy (non-hydrogen) atoms. The van der Waals surface area contributed by atoms with Gasteiger partial charge in [-0.2, -0.15) is 0 Å². The van der Waals surface area contributed by atoms with Crippen LogP contribution in [0.15, 0.2) is 18.5 Å². The molecule has 0 amide bonds. The van der Waals surface area contributed by atoms with Gasteiger partial charge in [-0.3, -0.25) is 0 Å². The third kappa shape index (κ3) is 2.03. The normalized spacial score (nSPS) is 19.3. The summed E-state index contributed by atoms with van der Waals surface area (Å²) in [6.07, 6.45) is 7.58. The summed E-state index contributed by atoms with van der Waals surface area (Å²) in [4.78, 5) is 5.70. The van der Waals surface area contributed by atoms with Gasteiger partial charge in [-0.05, 0) is 37.8 Å². The molecule has 2 aromatic heterocycles. The van der Waals surface area contributed by atoms with Crippen LogP contribution in [0.1, 0.15) is 40.0 Å². The number of hydrogen-bond acceptors (Lipinski definition) is 3. The largest absolute Gasteiger partial charge is 0.344 e. The summed E-state index contributed by atoms with van der Waals surface area (Å²) in [5.41, 5.74) is 8.88. The summed E-state index contributed by atoms with van der Waals surface area (Å²) in [5.74, 6) is 0. The minimum absolute atomic E-state index is 0.234. The number of rotatable bonds is 2. The zero-order valence-electron chi connectivity index (χ0n) is 10.0. The second-order valence-electron chi connectivity index (χ2n) is 4.71. The summed E-state index contributed by atoms with van der Waals surface area (Å²) in [5, 5.41) is 1.18. The third-order valence-corrected chi connectivity index (χ3v) is 4.31. The van der Waals surface area contributed by atoms with E-state index in [9.17, 15) is 0 Å². The molecule has 0 aliphatic heterocycles. The molecule has 1 unspecified atom stereocenters. The van der Waals surface area contributed by atoms with E-state index in [0.29, 0.717) is 0 Å². The molecule has 90 valence electrons. The van der Waals surface area contributed by atoms with Crippen LogP contribution in [0, 0.1) is 6.92 Å². The molecular weight excluding hydrogens is 230 g/mol. The number of hydrogen-bond donors (Lipinski definition) is 1. The van der Waals surface area contributed by atoms with Gasteiger partial charge in [0.05, 0.1) is 6.54 Å². The van der Waals surface area contributed by atoms with Crippen LogP contribution in [-0.2, 0) is 13.0 Å². The Bertz CT molecular complexity index is 527. The monoisotopic (exact) mass is 247 g/mol. The van der Waals surface area contributed by atoms with Gasteiger partial charge in [0.2, 0.25) is 0 Å². The number of aromatic nitrogens is 2. The van der Waals surface area contributed by atoms with Crippen molar-refractivity contribution < 1.29 is 0 Å². The van der Waals surface area contributed by atoms with Crippen molar-refractivity contribution in [2.45, 2.75) is 38.8 Å². The predicted octanol–water partition coefficient (Wildman–Crippen LogP) is 2.64. The first-order chi connectivity index (χ1) is 8.24. The lowest BCUT2D eigenvalue weighted by Gasteiger charge is -2.20. The second kappa shape index (κ2) is 4.27. The number of aryl methyl sites for hydroxylation is 1. The van der Waals surface area contributed by atoms with Crippen molar-refractivity contribution in [3.05, 3.63) is 39.6 Å². The van der Waals surface area contributed by atoms with Crippen LogP contribution in [-0.4, -0.2) is 9.55 Å². The maximum atomic E-state index is 6.13. The molecule has 2 aromatic rings. The first-order valence-electron chi connectivity index (χ1n) is 6.09. The molecule has 3 nitrogen and oxygen atoms in total. The summed E-state index contributed by atoms with van der Waals surface area (Å²) in [7, 11) is 0. The average Bonchev–Trinajstić information content (AvgIpc) is 2.88. The van der Waals surface area contributed by atoms with E-state index in [-0.39, 0.29) is 6.04 Å². The fraction of sp³-hybridized carbons (Fsp3) is 0.462. The SMILES string of the molecule is Cc1cnc(Cn2ccc3c2CCCC3N)s1. The van der Waals surface area contributed by atoms with E-state index in [1.54, 1.807) is 11.3 Å². The number of nitrogens with two attached hydrogens (primary N) is 1. The zero-order chi connectivity index (χ0) is 11.8. The van der Waals surface area contributed by atoms with Crippen LogP contribution in [0.2, 0.25) is 0 Å². The van der Waals surface area contributed by atoms with Crippen molar-refractivity contribution in [2.75, 3.05) is 0 Å². The topological polar surface area (TPSA) is 43.8 Å². The molecular formula is C13H17N3S. The summed E-state index contributed by atoms with van der Waals surface area (Å²) in [6.45, 7) is 2.99. The molecule has 0 spiro atoms. The summed E-state index contributed by atoms with van der Waals surface area (Å²) < 4.78 is 2.31. The van der Waals surface area contributed by atoms with Gasteiger partial charge in [-0.25, -0.2) is 4.98 Å². The molecule has 0 bridgehead atoms. The van der Waals surface area contributed by atoms with Gasteiger partial charge in [-0.15, -0.1) is 11.3 Å². The number of nitrogens with zero attached hydrogens (tertiary/aromatic N) is 2. The minimum Gasteiger partial charge on any atom is -0.344 e. The summed E-state index contributed by atoms with van der Waals surface area (Å²) in [6, 6.07) is 2.41. The molecule has 0 saturated heterocycles. The average molecular weight is 247 g/mol. The molecule has 0 radical (unpaired) electrons. The Morgan fingerprint density at radius 1 is 1.59 bits per heavy atom. The quantitative estimate of drug-likeness (QED) is 0.886. The van der Waals surface area contributed by atoms with Crippen molar-refractivity contribution in [1.82, 2.24) is 9.55 Å². The maximum Gasteiger partial charge on any atom is 0.113 e. The van der Waals surface area contributed by atoms with Crippen molar-refractivity contribution >= 4 is 11.3 Å². The molecule has 1 atom stereocenters. The Kier molecular flexibility index (Phi) is 2.76. The third-order valence-electron chi connectivity index (χ3n) is 3.42. The van der Waals surface area contributed by atoms with Crippen LogP contribution < -0.4 is 5.73 Å². The molecule has 1 aliphatic carbocycles. The number of thiazole rings is 1. The lowest BCUT2D eigenvalue weighted by Crippen LogP contribution is -2.18. The first-order valence-corrected chi connectivity index (χ1v) is 6.90. The zero-order valence-corrected chi connectivity index (χ0v) is 10.8. The van der Waals surface area contributed by atoms with Gasteiger partial charge in [0, 0.05) is 29.0 Å². The smallest absolute Gasteiger partial charge is 0.113 e. The van der Waals surface area contributed by atoms with E-state index in [0.717, 1.165) is 19.4 Å². The van der Waals surface area contributed by atoms with Gasteiger partial charge < -0.3 is 10.3 Å². The van der Waals surface area contributed by atoms with Crippen LogP contribution in [0.5, 0.6) is 0 Å². The Hall–Kier alpha value is -1.13. The van der Waals surface area contributed by atoms with E-state index < -0.39 is 0 Å². The Balaban J connectivity index is 1.89. The Morgan fingerprint density at radius 2 is 2.47 bits per heavy atom. The summed E-state index contributed by atoms with van der Waals surface area (Å²) >= 11 is 1.77. The van der Waals surface area contributed by atoms with E-state index >= 15 is 0 Å².